The number of piperazine rings is 1. The van der Waals surface area contributed by atoms with Crippen molar-refractivity contribution >= 4 is 28.4 Å². The molecule has 0 saturated carbocycles. The molecule has 0 radical (unpaired) electrons. The number of likely N-dealkylation sites (N-methyl/N-ethyl adjacent to an activating group) is 1. The van der Waals surface area contributed by atoms with E-state index >= 15 is 0 Å². The first-order valence-electron chi connectivity index (χ1n) is 12.7. The highest BCUT2D eigenvalue weighted by Gasteiger charge is 2.20. The van der Waals surface area contributed by atoms with Crippen molar-refractivity contribution in [1.82, 2.24) is 29.2 Å². The summed E-state index contributed by atoms with van der Waals surface area (Å²) in [5.74, 6) is 0.918. The Morgan fingerprint density at radius 1 is 1.00 bits per heavy atom. The number of hydrogen-bond donors (Lipinski definition) is 2. The number of nitrogens with zero attached hydrogens (tertiary/aromatic N) is 7. The number of rotatable bonds is 3. The molecule has 3 aromatic heterocycles. The van der Waals surface area contributed by atoms with E-state index < -0.39 is 6.10 Å². The predicted molar refractivity (Wildman–Crippen MR) is 144 cm³/mol. The number of aliphatic hydroxyl groups is 1. The fraction of sp³-hybridized carbons (Fsp3) is 0.333. The molecule has 1 saturated heterocycles. The van der Waals surface area contributed by atoms with Gasteiger partial charge in [-0.2, -0.15) is 4.98 Å². The lowest BCUT2D eigenvalue weighted by atomic mass is 10.1. The fourth-order valence-electron chi connectivity index (χ4n) is 4.87. The Bertz CT molecular complexity index is 1500. The highest BCUT2D eigenvalue weighted by Crippen LogP contribution is 2.24. The van der Waals surface area contributed by atoms with Crippen molar-refractivity contribution in [1.29, 1.82) is 0 Å². The Hall–Kier alpha value is -4.02. The summed E-state index contributed by atoms with van der Waals surface area (Å²) in [5.41, 5.74) is 2.90. The number of pyridine rings is 1. The number of aromatic nitrogens is 5. The Kier molecular flexibility index (Phi) is 6.19. The van der Waals surface area contributed by atoms with Crippen molar-refractivity contribution in [3.63, 3.8) is 0 Å². The van der Waals surface area contributed by atoms with E-state index in [0.29, 0.717) is 47.9 Å². The van der Waals surface area contributed by atoms with E-state index in [9.17, 15) is 9.90 Å². The first-order chi connectivity index (χ1) is 18.1. The van der Waals surface area contributed by atoms with Gasteiger partial charge in [0.25, 0.3) is 5.56 Å². The maximum atomic E-state index is 13.3. The van der Waals surface area contributed by atoms with E-state index in [-0.39, 0.29) is 5.56 Å². The summed E-state index contributed by atoms with van der Waals surface area (Å²) in [6, 6.07) is 13.7. The van der Waals surface area contributed by atoms with Crippen LogP contribution < -0.4 is 15.8 Å². The topological polar surface area (TPSA) is 104 Å². The maximum Gasteiger partial charge on any atom is 0.278 e. The minimum atomic E-state index is -0.676. The molecular weight excluding hydrogens is 468 g/mol. The van der Waals surface area contributed by atoms with Crippen LogP contribution in [0.5, 0.6) is 0 Å². The third-order valence-electron chi connectivity index (χ3n) is 7.03. The Balaban J connectivity index is 1.35. The summed E-state index contributed by atoms with van der Waals surface area (Å²) in [6.45, 7) is 4.51. The zero-order chi connectivity index (χ0) is 25.4. The van der Waals surface area contributed by atoms with E-state index in [1.54, 1.807) is 21.6 Å². The number of anilines is 3. The van der Waals surface area contributed by atoms with Gasteiger partial charge in [-0.05, 0) is 56.3 Å². The summed E-state index contributed by atoms with van der Waals surface area (Å²) in [7, 11) is 2.15. The molecule has 6 rings (SSSR count). The summed E-state index contributed by atoms with van der Waals surface area (Å²) < 4.78 is 3.32. The fourth-order valence-corrected chi connectivity index (χ4v) is 4.87. The smallest absolute Gasteiger partial charge is 0.278 e. The van der Waals surface area contributed by atoms with E-state index in [1.165, 1.54) is 5.69 Å². The predicted octanol–water partition coefficient (Wildman–Crippen LogP) is 2.86. The van der Waals surface area contributed by atoms with Crippen molar-refractivity contribution in [2.45, 2.75) is 25.5 Å². The van der Waals surface area contributed by atoms with Crippen LogP contribution >= 0.6 is 0 Å². The molecular formula is C27H30N8O2. The normalized spacial score (nSPS) is 19.3. The molecule has 5 heterocycles. The van der Waals surface area contributed by atoms with Gasteiger partial charge in [-0.1, -0.05) is 18.2 Å². The van der Waals surface area contributed by atoms with Gasteiger partial charge in [-0.25, -0.2) is 19.3 Å². The number of hydrogen-bond acceptors (Lipinski definition) is 8. The molecule has 2 bridgehead atoms. The molecule has 190 valence electrons. The van der Waals surface area contributed by atoms with Crippen LogP contribution in [-0.2, 0) is 6.54 Å². The largest absolute Gasteiger partial charge is 0.387 e. The molecule has 1 fully saturated rings. The van der Waals surface area contributed by atoms with Crippen LogP contribution in [0, 0.1) is 0 Å². The molecule has 0 aliphatic carbocycles. The first-order valence-corrected chi connectivity index (χ1v) is 12.7. The van der Waals surface area contributed by atoms with Crippen LogP contribution in [0.25, 0.3) is 16.9 Å². The highest BCUT2D eigenvalue weighted by molar-refractivity contribution is 5.77. The molecule has 1 unspecified atom stereocenters. The molecule has 1 atom stereocenters. The van der Waals surface area contributed by atoms with E-state index in [0.717, 1.165) is 31.9 Å². The van der Waals surface area contributed by atoms with E-state index in [1.807, 2.05) is 36.4 Å². The third kappa shape index (κ3) is 4.61. The molecule has 2 aliphatic rings. The second-order valence-electron chi connectivity index (χ2n) is 9.58. The number of allylic oxidation sites excluding steroid dienone is 2. The lowest BCUT2D eigenvalue weighted by Gasteiger charge is -2.34. The molecule has 2 N–H and O–H groups in total. The van der Waals surface area contributed by atoms with Gasteiger partial charge in [0.05, 0.1) is 18.3 Å². The standard InChI is InChI=1S/C27H30N8O2/c1-32-14-16-33(17-15-32)20-11-9-19(10-12-20)29-27-28-18-21-25(31-27)35-24-8-5-6-22(30-24)23(36)7-3-2-4-13-34(35)26(21)37/h2,4-6,8-12,18,23,36H,3,7,13-17H2,1H3,(H,28,29,31)/b4-2-. The quantitative estimate of drug-likeness (QED) is 0.416. The third-order valence-corrected chi connectivity index (χ3v) is 7.03. The maximum absolute atomic E-state index is 13.3. The van der Waals surface area contributed by atoms with Crippen molar-refractivity contribution < 1.29 is 5.11 Å². The number of nitrogens with one attached hydrogen (secondary N) is 1. The lowest BCUT2D eigenvalue weighted by molar-refractivity contribution is 0.164. The van der Waals surface area contributed by atoms with Crippen LogP contribution in [0.3, 0.4) is 0 Å². The molecule has 10 heteroatoms. The Morgan fingerprint density at radius 2 is 1.81 bits per heavy atom. The summed E-state index contributed by atoms with van der Waals surface area (Å²) >= 11 is 0. The highest BCUT2D eigenvalue weighted by atomic mass is 16.3. The number of aliphatic hydroxyl groups excluding tert-OH is 1. The van der Waals surface area contributed by atoms with Crippen molar-refractivity contribution in [2.24, 2.45) is 0 Å². The first kappa shape index (κ1) is 23.4. The second kappa shape index (κ2) is 9.79. The van der Waals surface area contributed by atoms with E-state index in [2.05, 4.69) is 44.3 Å². The van der Waals surface area contributed by atoms with Gasteiger partial charge in [0, 0.05) is 43.8 Å². The monoisotopic (exact) mass is 498 g/mol. The van der Waals surface area contributed by atoms with Crippen LogP contribution in [0.1, 0.15) is 24.6 Å². The average Bonchev–Trinajstić information content (AvgIpc) is 3.19. The molecule has 37 heavy (non-hydrogen) atoms. The molecule has 0 amide bonds. The van der Waals surface area contributed by atoms with Gasteiger partial charge in [-0.15, -0.1) is 0 Å². The van der Waals surface area contributed by atoms with Gasteiger partial charge in [0.15, 0.2) is 11.5 Å². The minimum absolute atomic E-state index is 0.185. The lowest BCUT2D eigenvalue weighted by Crippen LogP contribution is -2.44. The molecule has 0 spiro atoms. The number of fused-ring (bicyclic) bond motifs is 6. The van der Waals surface area contributed by atoms with Crippen LogP contribution in [0.15, 0.2) is 65.6 Å². The van der Waals surface area contributed by atoms with Gasteiger partial charge >= 0.3 is 0 Å². The zero-order valence-corrected chi connectivity index (χ0v) is 20.8. The molecule has 2 aliphatic heterocycles. The van der Waals surface area contributed by atoms with E-state index in [4.69, 9.17) is 4.98 Å². The summed E-state index contributed by atoms with van der Waals surface area (Å²) in [5, 5.41) is 14.2. The van der Waals surface area contributed by atoms with Crippen LogP contribution in [-0.4, -0.2) is 67.5 Å². The average molecular weight is 499 g/mol. The zero-order valence-electron chi connectivity index (χ0n) is 20.8. The van der Waals surface area contributed by atoms with Crippen molar-refractivity contribution in [3.05, 3.63) is 76.9 Å². The molecule has 10 nitrogen and oxygen atoms in total. The van der Waals surface area contributed by atoms with Gasteiger partial charge < -0.3 is 20.2 Å². The molecule has 1 aromatic carbocycles. The Labute approximate surface area is 214 Å². The van der Waals surface area contributed by atoms with Crippen molar-refractivity contribution in [2.75, 3.05) is 43.4 Å². The SMILES string of the molecule is CN1CCN(c2ccc(Nc3ncc4c(=O)n5n(c4n3)-c3cccc(n3)C(O)CC/C=C\C5)cc2)CC1. The minimum Gasteiger partial charge on any atom is -0.387 e. The number of benzene rings is 1. The summed E-state index contributed by atoms with van der Waals surface area (Å²) in [6.07, 6.45) is 6.07. The summed E-state index contributed by atoms with van der Waals surface area (Å²) in [4.78, 5) is 31.8. The van der Waals surface area contributed by atoms with Crippen LogP contribution in [0.2, 0.25) is 0 Å². The Morgan fingerprint density at radius 3 is 2.62 bits per heavy atom. The molecule has 4 aromatic rings. The second-order valence-corrected chi connectivity index (χ2v) is 9.58. The van der Waals surface area contributed by atoms with Crippen molar-refractivity contribution in [3.8, 4) is 5.82 Å². The van der Waals surface area contributed by atoms with Gasteiger partial charge in [-0.3, -0.25) is 4.79 Å². The van der Waals surface area contributed by atoms with Gasteiger partial charge in [0.1, 0.15) is 5.39 Å². The van der Waals surface area contributed by atoms with Crippen LogP contribution in [0.4, 0.5) is 17.3 Å². The van der Waals surface area contributed by atoms with Gasteiger partial charge in [0.2, 0.25) is 5.95 Å².